The monoisotopic (exact) mass is 205 g/mol. The molecule has 0 aromatic carbocycles. The van der Waals surface area contributed by atoms with E-state index in [0.717, 1.165) is 5.56 Å². The van der Waals surface area contributed by atoms with E-state index in [9.17, 15) is 4.79 Å². The van der Waals surface area contributed by atoms with Crippen molar-refractivity contribution in [2.45, 2.75) is 19.3 Å². The molecule has 3 heteroatoms. The van der Waals surface area contributed by atoms with Crippen LogP contribution in [0.2, 0.25) is 0 Å². The zero-order valence-electron chi connectivity index (χ0n) is 8.85. The van der Waals surface area contributed by atoms with E-state index in [-0.39, 0.29) is 11.9 Å². The molecule has 0 fully saturated rings. The van der Waals surface area contributed by atoms with Gasteiger partial charge in [-0.3, -0.25) is 9.78 Å². The van der Waals surface area contributed by atoms with Gasteiger partial charge in [0, 0.05) is 12.4 Å². The van der Waals surface area contributed by atoms with Crippen molar-refractivity contribution in [1.82, 2.24) is 4.98 Å². The molecule has 80 valence electrons. The van der Waals surface area contributed by atoms with E-state index in [1.807, 2.05) is 12.1 Å². The van der Waals surface area contributed by atoms with Gasteiger partial charge >= 0.3 is 5.97 Å². The van der Waals surface area contributed by atoms with Crippen LogP contribution >= 0.6 is 0 Å². The number of aromatic nitrogens is 1. The summed E-state index contributed by atoms with van der Waals surface area (Å²) in [4.78, 5) is 15.6. The zero-order chi connectivity index (χ0) is 11.1. The SMILES string of the molecule is C=CCC(C(=O)OCC)c1ccncc1. The van der Waals surface area contributed by atoms with Gasteiger partial charge in [0.2, 0.25) is 0 Å². The van der Waals surface area contributed by atoms with Crippen LogP contribution in [0, 0.1) is 0 Å². The lowest BCUT2D eigenvalue weighted by molar-refractivity contribution is -0.144. The molecule has 0 aliphatic carbocycles. The van der Waals surface area contributed by atoms with Gasteiger partial charge in [-0.15, -0.1) is 6.58 Å². The number of pyridine rings is 1. The molecular weight excluding hydrogens is 190 g/mol. The molecule has 0 spiro atoms. The molecule has 0 radical (unpaired) electrons. The van der Waals surface area contributed by atoms with Gasteiger partial charge in [-0.2, -0.15) is 0 Å². The van der Waals surface area contributed by atoms with E-state index in [0.29, 0.717) is 13.0 Å². The summed E-state index contributed by atoms with van der Waals surface area (Å²) >= 11 is 0. The summed E-state index contributed by atoms with van der Waals surface area (Å²) in [6.45, 7) is 5.85. The maximum atomic E-state index is 11.6. The summed E-state index contributed by atoms with van der Waals surface area (Å²) in [5.41, 5.74) is 0.920. The van der Waals surface area contributed by atoms with Crippen molar-refractivity contribution in [3.8, 4) is 0 Å². The van der Waals surface area contributed by atoms with E-state index in [1.54, 1.807) is 25.4 Å². The normalized spacial score (nSPS) is 11.8. The van der Waals surface area contributed by atoms with Crippen molar-refractivity contribution >= 4 is 5.97 Å². The number of allylic oxidation sites excluding steroid dienone is 1. The molecule has 0 aliphatic heterocycles. The Kier molecular flexibility index (Phi) is 4.54. The first-order chi connectivity index (χ1) is 7.29. The fourth-order valence-electron chi connectivity index (χ4n) is 1.37. The highest BCUT2D eigenvalue weighted by Crippen LogP contribution is 2.20. The van der Waals surface area contributed by atoms with Gasteiger partial charge in [0.15, 0.2) is 0 Å². The Morgan fingerprint density at radius 2 is 2.27 bits per heavy atom. The van der Waals surface area contributed by atoms with E-state index < -0.39 is 0 Å². The summed E-state index contributed by atoms with van der Waals surface area (Å²) in [7, 11) is 0. The molecule has 0 saturated heterocycles. The fraction of sp³-hybridized carbons (Fsp3) is 0.333. The molecule has 3 nitrogen and oxygen atoms in total. The Bertz CT molecular complexity index is 322. The highest BCUT2D eigenvalue weighted by Gasteiger charge is 2.19. The molecule has 0 aliphatic rings. The predicted octanol–water partition coefficient (Wildman–Crippen LogP) is 2.30. The first-order valence-corrected chi connectivity index (χ1v) is 4.97. The number of carbonyl (C=O) groups is 1. The molecule has 1 unspecified atom stereocenters. The largest absolute Gasteiger partial charge is 0.466 e. The van der Waals surface area contributed by atoms with Crippen LogP contribution in [0.15, 0.2) is 37.2 Å². The Labute approximate surface area is 89.8 Å². The van der Waals surface area contributed by atoms with Crippen LogP contribution in [0.3, 0.4) is 0 Å². The zero-order valence-corrected chi connectivity index (χ0v) is 8.85. The van der Waals surface area contributed by atoms with Crippen LogP contribution in [0.1, 0.15) is 24.8 Å². The van der Waals surface area contributed by atoms with Crippen molar-refractivity contribution in [2.75, 3.05) is 6.61 Å². The van der Waals surface area contributed by atoms with Gasteiger partial charge in [0.25, 0.3) is 0 Å². The number of hydrogen-bond donors (Lipinski definition) is 0. The smallest absolute Gasteiger partial charge is 0.313 e. The van der Waals surface area contributed by atoms with Gasteiger partial charge in [0.1, 0.15) is 0 Å². The number of esters is 1. The summed E-state index contributed by atoms with van der Waals surface area (Å²) in [6.07, 6.45) is 5.65. The van der Waals surface area contributed by atoms with Gasteiger partial charge in [-0.05, 0) is 31.0 Å². The first-order valence-electron chi connectivity index (χ1n) is 4.97. The third-order valence-electron chi connectivity index (χ3n) is 2.08. The molecule has 1 aromatic heterocycles. The number of carbonyl (C=O) groups excluding carboxylic acids is 1. The first kappa shape index (κ1) is 11.4. The van der Waals surface area contributed by atoms with Gasteiger partial charge in [0.05, 0.1) is 12.5 Å². The maximum Gasteiger partial charge on any atom is 0.313 e. The summed E-state index contributed by atoms with van der Waals surface area (Å²) in [5, 5.41) is 0. The second-order valence-corrected chi connectivity index (χ2v) is 3.11. The molecule has 1 rings (SSSR count). The number of ether oxygens (including phenoxy) is 1. The second-order valence-electron chi connectivity index (χ2n) is 3.11. The summed E-state index contributed by atoms with van der Waals surface area (Å²) in [5.74, 6) is -0.464. The lowest BCUT2D eigenvalue weighted by Crippen LogP contribution is -2.15. The molecule has 0 amide bonds. The van der Waals surface area contributed by atoms with Crippen molar-refractivity contribution in [3.05, 3.63) is 42.7 Å². The minimum Gasteiger partial charge on any atom is -0.466 e. The van der Waals surface area contributed by atoms with E-state index in [2.05, 4.69) is 11.6 Å². The topological polar surface area (TPSA) is 39.2 Å². The Morgan fingerprint density at radius 3 is 2.80 bits per heavy atom. The Hall–Kier alpha value is -1.64. The fourth-order valence-corrected chi connectivity index (χ4v) is 1.37. The molecule has 0 bridgehead atoms. The van der Waals surface area contributed by atoms with E-state index in [1.165, 1.54) is 0 Å². The van der Waals surface area contributed by atoms with Gasteiger partial charge < -0.3 is 4.74 Å². The Morgan fingerprint density at radius 1 is 1.60 bits per heavy atom. The third kappa shape index (κ3) is 3.20. The van der Waals surface area contributed by atoms with Crippen LogP contribution < -0.4 is 0 Å². The van der Waals surface area contributed by atoms with Gasteiger partial charge in [-0.1, -0.05) is 6.08 Å². The van der Waals surface area contributed by atoms with Crippen LogP contribution in [-0.4, -0.2) is 17.6 Å². The maximum absolute atomic E-state index is 11.6. The van der Waals surface area contributed by atoms with Crippen LogP contribution in [0.5, 0.6) is 0 Å². The van der Waals surface area contributed by atoms with Crippen LogP contribution in [0.25, 0.3) is 0 Å². The second kappa shape index (κ2) is 5.96. The van der Waals surface area contributed by atoms with Crippen molar-refractivity contribution in [2.24, 2.45) is 0 Å². The summed E-state index contributed by atoms with van der Waals surface area (Å²) in [6, 6.07) is 3.65. The molecule has 0 saturated carbocycles. The standard InChI is InChI=1S/C12H15NO2/c1-3-5-11(12(14)15-4-2)10-6-8-13-9-7-10/h3,6-9,11H,1,4-5H2,2H3. The Balaban J connectivity index is 2.82. The highest BCUT2D eigenvalue weighted by molar-refractivity contribution is 5.78. The quantitative estimate of drug-likeness (QED) is 0.547. The van der Waals surface area contributed by atoms with E-state index in [4.69, 9.17) is 4.74 Å². The lowest BCUT2D eigenvalue weighted by atomic mass is 9.97. The molecule has 15 heavy (non-hydrogen) atoms. The minimum absolute atomic E-state index is 0.205. The van der Waals surface area contributed by atoms with Crippen LogP contribution in [0.4, 0.5) is 0 Å². The van der Waals surface area contributed by atoms with Crippen molar-refractivity contribution in [1.29, 1.82) is 0 Å². The molecule has 1 atom stereocenters. The van der Waals surface area contributed by atoms with Crippen molar-refractivity contribution in [3.63, 3.8) is 0 Å². The molecule has 0 N–H and O–H groups in total. The highest BCUT2D eigenvalue weighted by atomic mass is 16.5. The third-order valence-corrected chi connectivity index (χ3v) is 2.08. The minimum atomic E-state index is -0.259. The predicted molar refractivity (Wildman–Crippen MR) is 58.4 cm³/mol. The average Bonchev–Trinajstić information content (AvgIpc) is 2.27. The molecule has 1 heterocycles. The molecular formula is C12H15NO2. The number of hydrogen-bond acceptors (Lipinski definition) is 3. The number of nitrogens with zero attached hydrogens (tertiary/aromatic N) is 1. The van der Waals surface area contributed by atoms with Gasteiger partial charge in [-0.25, -0.2) is 0 Å². The number of rotatable bonds is 5. The lowest BCUT2D eigenvalue weighted by Gasteiger charge is -2.13. The van der Waals surface area contributed by atoms with Crippen LogP contribution in [-0.2, 0) is 9.53 Å². The average molecular weight is 205 g/mol. The van der Waals surface area contributed by atoms with E-state index >= 15 is 0 Å². The summed E-state index contributed by atoms with van der Waals surface area (Å²) < 4.78 is 5.00. The molecule has 1 aromatic rings. The van der Waals surface area contributed by atoms with Crippen molar-refractivity contribution < 1.29 is 9.53 Å².